The van der Waals surface area contributed by atoms with Gasteiger partial charge in [-0.3, -0.25) is 10.1 Å². The molecular formula is C21H34N2O3S. The van der Waals surface area contributed by atoms with Crippen LogP contribution in [0.5, 0.6) is 5.75 Å². The summed E-state index contributed by atoms with van der Waals surface area (Å²) in [4.78, 5) is 15.3. The molecule has 1 atom stereocenters. The Bertz CT molecular complexity index is 612. The fraction of sp³-hybridized carbons (Fsp3) is 0.619. The van der Waals surface area contributed by atoms with Gasteiger partial charge in [-0.25, -0.2) is 0 Å². The van der Waals surface area contributed by atoms with Gasteiger partial charge in [0.2, 0.25) is 0 Å². The molecule has 0 aromatic heterocycles. The maximum Gasteiger partial charge on any atom is 0.324 e. The van der Waals surface area contributed by atoms with Crippen LogP contribution in [-0.2, 0) is 16.0 Å². The summed E-state index contributed by atoms with van der Waals surface area (Å²) in [5.41, 5.74) is 0.479. The Morgan fingerprint density at radius 3 is 2.59 bits per heavy atom. The number of benzene rings is 1. The number of likely N-dealkylation sites (N-methyl/N-ethyl adjacent to an activating group) is 1. The third kappa shape index (κ3) is 9.73. The predicted molar refractivity (Wildman–Crippen MR) is 114 cm³/mol. The summed E-state index contributed by atoms with van der Waals surface area (Å²) in [5.74, 6) is 0.550. The number of carbonyl (C=O) groups excluding carboxylic acids is 1. The molecule has 1 unspecified atom stereocenters. The maximum atomic E-state index is 12.7. The highest BCUT2D eigenvalue weighted by Crippen LogP contribution is 2.17. The van der Waals surface area contributed by atoms with Crippen molar-refractivity contribution >= 4 is 23.2 Å². The molecule has 0 aliphatic rings. The lowest BCUT2D eigenvalue weighted by Crippen LogP contribution is -2.46. The van der Waals surface area contributed by atoms with Gasteiger partial charge in [-0.1, -0.05) is 37.7 Å². The van der Waals surface area contributed by atoms with E-state index in [0.717, 1.165) is 29.1 Å². The summed E-state index contributed by atoms with van der Waals surface area (Å²) in [7, 11) is 3.78. The van der Waals surface area contributed by atoms with Gasteiger partial charge in [0.25, 0.3) is 0 Å². The number of carbonyl (C=O) groups is 1. The zero-order valence-corrected chi connectivity index (χ0v) is 18.3. The van der Waals surface area contributed by atoms with Gasteiger partial charge < -0.3 is 14.4 Å². The van der Waals surface area contributed by atoms with Crippen LogP contribution in [0, 0.1) is 0 Å². The molecule has 0 spiro atoms. The Labute approximate surface area is 169 Å². The molecule has 0 radical (unpaired) electrons. The van der Waals surface area contributed by atoms with Crippen LogP contribution in [-0.4, -0.2) is 54.7 Å². The van der Waals surface area contributed by atoms with Crippen molar-refractivity contribution in [2.45, 2.75) is 58.6 Å². The topological polar surface area (TPSA) is 50.8 Å². The minimum absolute atomic E-state index is 0.277. The molecule has 1 rings (SSSR count). The van der Waals surface area contributed by atoms with Crippen LogP contribution in [0.25, 0.3) is 0 Å². The number of hydrogen-bond acceptors (Lipinski definition) is 5. The highest BCUT2D eigenvalue weighted by molar-refractivity contribution is 7.80. The SMILES string of the molecule is CCCCOc1cccc(CC(NCC(=S)N(C)C)C(=O)OC(C)(C)C)c1. The van der Waals surface area contributed by atoms with Crippen LogP contribution in [0.2, 0.25) is 0 Å². The molecule has 1 aromatic carbocycles. The summed E-state index contributed by atoms with van der Waals surface area (Å²) >= 11 is 5.33. The van der Waals surface area contributed by atoms with E-state index < -0.39 is 11.6 Å². The maximum absolute atomic E-state index is 12.7. The number of ether oxygens (including phenoxy) is 2. The second-order valence-electron chi connectivity index (χ2n) is 7.81. The molecule has 6 heteroatoms. The summed E-state index contributed by atoms with van der Waals surface area (Å²) in [5, 5.41) is 3.25. The second-order valence-corrected chi connectivity index (χ2v) is 8.28. The molecule has 0 aliphatic carbocycles. The molecule has 0 heterocycles. The Balaban J connectivity index is 2.84. The van der Waals surface area contributed by atoms with E-state index in [1.807, 2.05) is 64.0 Å². The Hall–Kier alpha value is -1.66. The minimum Gasteiger partial charge on any atom is -0.494 e. The zero-order valence-electron chi connectivity index (χ0n) is 17.5. The van der Waals surface area contributed by atoms with Crippen molar-refractivity contribution in [2.24, 2.45) is 0 Å². The van der Waals surface area contributed by atoms with E-state index in [0.29, 0.717) is 19.6 Å². The second kappa shape index (κ2) is 11.2. The molecule has 0 aliphatic heterocycles. The highest BCUT2D eigenvalue weighted by Gasteiger charge is 2.25. The number of nitrogens with zero attached hydrogens (tertiary/aromatic N) is 1. The first-order valence-corrected chi connectivity index (χ1v) is 9.91. The first kappa shape index (κ1) is 23.4. The van der Waals surface area contributed by atoms with Crippen molar-refractivity contribution in [1.29, 1.82) is 0 Å². The van der Waals surface area contributed by atoms with Crippen molar-refractivity contribution in [3.63, 3.8) is 0 Å². The van der Waals surface area contributed by atoms with Crippen molar-refractivity contribution in [3.05, 3.63) is 29.8 Å². The van der Waals surface area contributed by atoms with Crippen LogP contribution in [0.1, 0.15) is 46.1 Å². The molecule has 0 fully saturated rings. The Morgan fingerprint density at radius 1 is 1.30 bits per heavy atom. The van der Waals surface area contributed by atoms with E-state index in [1.54, 1.807) is 0 Å². The number of unbranched alkanes of at least 4 members (excludes halogenated alkanes) is 1. The molecular weight excluding hydrogens is 360 g/mol. The zero-order chi connectivity index (χ0) is 20.4. The predicted octanol–water partition coefficient (Wildman–Crippen LogP) is 3.60. The lowest BCUT2D eigenvalue weighted by Gasteiger charge is -2.25. The van der Waals surface area contributed by atoms with Gasteiger partial charge in [0, 0.05) is 20.6 Å². The first-order chi connectivity index (χ1) is 12.6. The van der Waals surface area contributed by atoms with Crippen LogP contribution in [0.15, 0.2) is 24.3 Å². The van der Waals surface area contributed by atoms with Crippen LogP contribution in [0.4, 0.5) is 0 Å². The molecule has 0 saturated heterocycles. The van der Waals surface area contributed by atoms with Gasteiger partial charge in [0.15, 0.2) is 0 Å². The molecule has 0 saturated carbocycles. The van der Waals surface area contributed by atoms with E-state index in [-0.39, 0.29) is 5.97 Å². The fourth-order valence-electron chi connectivity index (χ4n) is 2.31. The standard InChI is InChI=1S/C21H34N2O3S/c1-7-8-12-25-17-11-9-10-16(13-17)14-18(20(24)26-21(2,3)4)22-15-19(27)23(5)6/h9-11,13,18,22H,7-8,12,14-15H2,1-6H3. The van der Waals surface area contributed by atoms with Crippen molar-refractivity contribution in [1.82, 2.24) is 10.2 Å². The average molecular weight is 395 g/mol. The lowest BCUT2D eigenvalue weighted by atomic mass is 10.0. The monoisotopic (exact) mass is 394 g/mol. The third-order valence-electron chi connectivity index (χ3n) is 3.79. The summed E-state index contributed by atoms with van der Waals surface area (Å²) in [6.45, 7) is 8.89. The summed E-state index contributed by atoms with van der Waals surface area (Å²) < 4.78 is 11.4. The molecule has 0 bridgehead atoms. The number of nitrogens with one attached hydrogen (secondary N) is 1. The Morgan fingerprint density at radius 2 is 2.00 bits per heavy atom. The average Bonchev–Trinajstić information content (AvgIpc) is 2.57. The number of thiocarbonyl (C=S) groups is 1. The van der Waals surface area contributed by atoms with E-state index in [9.17, 15) is 4.79 Å². The summed E-state index contributed by atoms with van der Waals surface area (Å²) in [6, 6.07) is 7.39. The van der Waals surface area contributed by atoms with Gasteiger partial charge >= 0.3 is 5.97 Å². The van der Waals surface area contributed by atoms with Gasteiger partial charge in [0.05, 0.1) is 11.6 Å². The van der Waals surface area contributed by atoms with E-state index >= 15 is 0 Å². The largest absolute Gasteiger partial charge is 0.494 e. The van der Waals surface area contributed by atoms with Crippen LogP contribution < -0.4 is 10.1 Å². The molecule has 0 amide bonds. The molecule has 152 valence electrons. The molecule has 5 nitrogen and oxygen atoms in total. The smallest absolute Gasteiger partial charge is 0.324 e. The highest BCUT2D eigenvalue weighted by atomic mass is 32.1. The van der Waals surface area contributed by atoms with Gasteiger partial charge in [-0.2, -0.15) is 0 Å². The van der Waals surface area contributed by atoms with E-state index in [1.165, 1.54) is 0 Å². The number of rotatable bonds is 10. The van der Waals surface area contributed by atoms with Crippen LogP contribution >= 0.6 is 12.2 Å². The number of esters is 1. The third-order valence-corrected chi connectivity index (χ3v) is 4.30. The molecule has 27 heavy (non-hydrogen) atoms. The normalized spacial score (nSPS) is 12.4. The summed E-state index contributed by atoms with van der Waals surface area (Å²) in [6.07, 6.45) is 2.63. The quantitative estimate of drug-likeness (QED) is 0.372. The van der Waals surface area contributed by atoms with Gasteiger partial charge in [0.1, 0.15) is 17.4 Å². The van der Waals surface area contributed by atoms with Crippen molar-refractivity contribution in [2.75, 3.05) is 27.2 Å². The number of hydrogen-bond donors (Lipinski definition) is 1. The van der Waals surface area contributed by atoms with Crippen molar-refractivity contribution in [3.8, 4) is 5.75 Å². The van der Waals surface area contributed by atoms with E-state index in [2.05, 4.69) is 12.2 Å². The lowest BCUT2D eigenvalue weighted by molar-refractivity contribution is -0.157. The minimum atomic E-state index is -0.538. The molecule has 1 aromatic rings. The van der Waals surface area contributed by atoms with Crippen molar-refractivity contribution < 1.29 is 14.3 Å². The van der Waals surface area contributed by atoms with Gasteiger partial charge in [-0.05, 0) is 51.3 Å². The first-order valence-electron chi connectivity index (χ1n) is 9.50. The molecule has 1 N–H and O–H groups in total. The van der Waals surface area contributed by atoms with Crippen LogP contribution in [0.3, 0.4) is 0 Å². The Kier molecular flexibility index (Phi) is 9.74. The van der Waals surface area contributed by atoms with E-state index in [4.69, 9.17) is 21.7 Å². The fourth-order valence-corrected chi connectivity index (χ4v) is 2.40. The van der Waals surface area contributed by atoms with Gasteiger partial charge in [-0.15, -0.1) is 0 Å².